The Morgan fingerprint density at radius 1 is 1.27 bits per heavy atom. The van der Waals surface area contributed by atoms with Gasteiger partial charge in [-0.15, -0.1) is 0 Å². The summed E-state index contributed by atoms with van der Waals surface area (Å²) >= 11 is 0. The van der Waals surface area contributed by atoms with Crippen molar-refractivity contribution in [3.8, 4) is 0 Å². The van der Waals surface area contributed by atoms with Crippen LogP contribution in [0.2, 0.25) is 0 Å². The van der Waals surface area contributed by atoms with Gasteiger partial charge in [0.25, 0.3) is 0 Å². The van der Waals surface area contributed by atoms with Gasteiger partial charge in [0.05, 0.1) is 11.0 Å². The second-order valence-corrected chi connectivity index (χ2v) is 10.3. The van der Waals surface area contributed by atoms with E-state index >= 15 is 0 Å². The first-order chi connectivity index (χ1) is 14.1. The number of rotatable bonds is 8. The maximum absolute atomic E-state index is 13.2. The number of benzene rings is 1. The molecule has 0 radical (unpaired) electrons. The highest BCUT2D eigenvalue weighted by molar-refractivity contribution is 7.89. The third-order valence-electron chi connectivity index (χ3n) is 6.10. The summed E-state index contributed by atoms with van der Waals surface area (Å²) in [6.07, 6.45) is 4.32. The molecule has 1 aliphatic heterocycles. The van der Waals surface area contributed by atoms with Crippen LogP contribution in [0.1, 0.15) is 52.4 Å². The highest BCUT2D eigenvalue weighted by atomic mass is 32.2. The molecule has 30 heavy (non-hydrogen) atoms. The molecule has 1 heterocycles. The van der Waals surface area contributed by atoms with Gasteiger partial charge in [-0.1, -0.05) is 26.7 Å². The number of halogens is 1. The lowest BCUT2D eigenvalue weighted by Gasteiger charge is -2.30. The Labute approximate surface area is 176 Å². The molecule has 3 rings (SSSR count). The second kappa shape index (κ2) is 9.11. The van der Waals surface area contributed by atoms with E-state index in [2.05, 4.69) is 10.0 Å². The van der Waals surface area contributed by atoms with E-state index in [1.54, 1.807) is 0 Å². The standard InChI is InChI=1S/C21H29FN2O5S/c1-3-18-19(17(25)13-29-18)23-20(26)16(12-21(2)10-4-5-11-21)24-30(27,28)15-8-6-14(22)7-9-15/h6-9,16,18-19,24H,3-5,10-13H2,1-2H3,(H,23,26)/t16-,18-,19+/m0/s1. The average Bonchev–Trinajstić information content (AvgIpc) is 3.27. The van der Waals surface area contributed by atoms with E-state index < -0.39 is 39.9 Å². The number of ketones is 1. The topological polar surface area (TPSA) is 102 Å². The highest BCUT2D eigenvalue weighted by Crippen LogP contribution is 2.41. The first-order valence-electron chi connectivity index (χ1n) is 10.4. The summed E-state index contributed by atoms with van der Waals surface area (Å²) in [5, 5.41) is 2.70. The van der Waals surface area contributed by atoms with Crippen molar-refractivity contribution in [2.75, 3.05) is 6.61 Å². The number of nitrogens with one attached hydrogen (secondary N) is 2. The molecule has 166 valence electrons. The van der Waals surface area contributed by atoms with Crippen LogP contribution in [0.25, 0.3) is 0 Å². The molecule has 0 unspecified atom stereocenters. The minimum Gasteiger partial charge on any atom is -0.368 e. The number of carbonyl (C=O) groups is 2. The fraction of sp³-hybridized carbons (Fsp3) is 0.619. The van der Waals surface area contributed by atoms with Crippen LogP contribution in [0.3, 0.4) is 0 Å². The summed E-state index contributed by atoms with van der Waals surface area (Å²) in [5.74, 6) is -1.31. The summed E-state index contributed by atoms with van der Waals surface area (Å²) in [5.41, 5.74) is -0.173. The minimum atomic E-state index is -4.05. The quantitative estimate of drug-likeness (QED) is 0.646. The predicted molar refractivity (Wildman–Crippen MR) is 109 cm³/mol. The molecule has 1 saturated heterocycles. The van der Waals surface area contributed by atoms with Gasteiger partial charge in [-0.2, -0.15) is 4.72 Å². The third-order valence-corrected chi connectivity index (χ3v) is 7.59. The molecule has 1 aromatic carbocycles. The Hall–Kier alpha value is -1.84. The molecule has 9 heteroatoms. The van der Waals surface area contributed by atoms with Crippen molar-refractivity contribution in [3.05, 3.63) is 30.1 Å². The predicted octanol–water partition coefficient (Wildman–Crippen LogP) is 2.31. The van der Waals surface area contributed by atoms with Gasteiger partial charge < -0.3 is 10.1 Å². The maximum atomic E-state index is 13.2. The zero-order valence-electron chi connectivity index (χ0n) is 17.3. The molecule has 0 spiro atoms. The van der Waals surface area contributed by atoms with Crippen LogP contribution >= 0.6 is 0 Å². The Morgan fingerprint density at radius 3 is 2.50 bits per heavy atom. The summed E-state index contributed by atoms with van der Waals surface area (Å²) in [6.45, 7) is 3.84. The fourth-order valence-corrected chi connectivity index (χ4v) is 5.54. The van der Waals surface area contributed by atoms with Gasteiger partial charge in [0, 0.05) is 0 Å². The van der Waals surface area contributed by atoms with Crippen molar-refractivity contribution in [3.63, 3.8) is 0 Å². The molecule has 0 bridgehead atoms. The Kier molecular flexibility index (Phi) is 6.94. The van der Waals surface area contributed by atoms with E-state index in [0.29, 0.717) is 12.8 Å². The zero-order valence-corrected chi connectivity index (χ0v) is 18.1. The van der Waals surface area contributed by atoms with E-state index in [4.69, 9.17) is 4.74 Å². The van der Waals surface area contributed by atoms with Gasteiger partial charge in [0.15, 0.2) is 5.78 Å². The first-order valence-corrected chi connectivity index (χ1v) is 11.8. The minimum absolute atomic E-state index is 0.0624. The molecule has 1 amide bonds. The van der Waals surface area contributed by atoms with E-state index in [1.807, 2.05) is 13.8 Å². The first kappa shape index (κ1) is 22.8. The molecule has 1 aromatic rings. The maximum Gasteiger partial charge on any atom is 0.241 e. The molecular formula is C21H29FN2O5S. The number of amides is 1. The summed E-state index contributed by atoms with van der Waals surface area (Å²) in [7, 11) is -4.05. The van der Waals surface area contributed by atoms with Gasteiger partial charge in [-0.05, 0) is 55.4 Å². The lowest BCUT2D eigenvalue weighted by Crippen LogP contribution is -2.54. The number of sulfonamides is 1. The molecule has 2 fully saturated rings. The van der Waals surface area contributed by atoms with Crippen LogP contribution in [-0.4, -0.2) is 44.9 Å². The number of hydrogen-bond donors (Lipinski definition) is 2. The van der Waals surface area contributed by atoms with Gasteiger partial charge >= 0.3 is 0 Å². The van der Waals surface area contributed by atoms with E-state index in [-0.39, 0.29) is 22.7 Å². The Morgan fingerprint density at radius 2 is 1.90 bits per heavy atom. The molecule has 2 N–H and O–H groups in total. The molecular weight excluding hydrogens is 411 g/mol. The van der Waals surface area contributed by atoms with Crippen molar-refractivity contribution in [2.24, 2.45) is 5.41 Å². The van der Waals surface area contributed by atoms with Gasteiger partial charge in [-0.25, -0.2) is 12.8 Å². The molecule has 1 saturated carbocycles. The number of Topliss-reactive ketones (excluding diaryl/α,β-unsaturated/α-hetero) is 1. The number of ether oxygens (including phenoxy) is 1. The van der Waals surface area contributed by atoms with E-state index in [9.17, 15) is 22.4 Å². The van der Waals surface area contributed by atoms with Gasteiger partial charge in [0.2, 0.25) is 15.9 Å². The summed E-state index contributed by atoms with van der Waals surface area (Å²) in [6, 6.07) is 2.60. The lowest BCUT2D eigenvalue weighted by molar-refractivity contribution is -0.128. The van der Waals surface area contributed by atoms with Crippen molar-refractivity contribution in [1.82, 2.24) is 10.0 Å². The zero-order chi connectivity index (χ0) is 21.9. The van der Waals surface area contributed by atoms with Gasteiger partial charge in [0.1, 0.15) is 24.5 Å². The van der Waals surface area contributed by atoms with Crippen LogP contribution in [0.5, 0.6) is 0 Å². The van der Waals surface area contributed by atoms with E-state index in [0.717, 1.165) is 49.9 Å². The Bertz CT molecular complexity index is 881. The van der Waals surface area contributed by atoms with Crippen molar-refractivity contribution in [1.29, 1.82) is 0 Å². The molecule has 2 aliphatic rings. The van der Waals surface area contributed by atoms with Crippen LogP contribution in [0, 0.1) is 11.2 Å². The van der Waals surface area contributed by atoms with Crippen molar-refractivity contribution in [2.45, 2.75) is 75.5 Å². The van der Waals surface area contributed by atoms with Gasteiger partial charge in [-0.3, -0.25) is 9.59 Å². The van der Waals surface area contributed by atoms with E-state index in [1.165, 1.54) is 0 Å². The largest absolute Gasteiger partial charge is 0.368 e. The smallest absolute Gasteiger partial charge is 0.241 e. The highest BCUT2D eigenvalue weighted by Gasteiger charge is 2.40. The average molecular weight is 441 g/mol. The van der Waals surface area contributed by atoms with Crippen LogP contribution in [0.15, 0.2) is 29.2 Å². The summed E-state index contributed by atoms with van der Waals surface area (Å²) < 4.78 is 46.8. The SMILES string of the molecule is CC[C@@H]1OCC(=O)[C@H]1NC(=O)[C@H](CC1(C)CCCC1)NS(=O)(=O)c1ccc(F)cc1. The number of carbonyl (C=O) groups excluding carboxylic acids is 2. The second-order valence-electron chi connectivity index (χ2n) is 8.56. The monoisotopic (exact) mass is 440 g/mol. The van der Waals surface area contributed by atoms with Crippen molar-refractivity contribution < 1.29 is 27.1 Å². The van der Waals surface area contributed by atoms with Crippen LogP contribution < -0.4 is 10.0 Å². The molecule has 1 aliphatic carbocycles. The lowest BCUT2D eigenvalue weighted by atomic mass is 9.82. The van der Waals surface area contributed by atoms with Crippen LogP contribution in [-0.2, 0) is 24.3 Å². The molecule has 0 aromatic heterocycles. The third kappa shape index (κ3) is 5.25. The fourth-order valence-electron chi connectivity index (χ4n) is 4.35. The molecule has 7 nitrogen and oxygen atoms in total. The number of hydrogen-bond acceptors (Lipinski definition) is 5. The normalized spacial score (nSPS) is 24.7. The molecule has 3 atom stereocenters. The van der Waals surface area contributed by atoms with Crippen LogP contribution in [0.4, 0.5) is 4.39 Å². The summed E-state index contributed by atoms with van der Waals surface area (Å²) in [4.78, 5) is 25.1. The van der Waals surface area contributed by atoms with Crippen molar-refractivity contribution >= 4 is 21.7 Å². The Balaban J connectivity index is 1.81.